The molecule has 3 heterocycles. The smallest absolute Gasteiger partial charge is 0.259 e. The van der Waals surface area contributed by atoms with Crippen molar-refractivity contribution in [2.24, 2.45) is 5.92 Å². The number of aromatic nitrogens is 2. The third kappa shape index (κ3) is 6.78. The number of fused-ring (bicyclic) bond motifs is 1. The topological polar surface area (TPSA) is 116 Å². The Morgan fingerprint density at radius 3 is 2.77 bits per heavy atom. The van der Waals surface area contributed by atoms with Crippen LogP contribution in [0.1, 0.15) is 42.4 Å². The number of carbonyl (C=O) groups is 2. The zero-order valence-electron chi connectivity index (χ0n) is 20.5. The second-order valence-electron chi connectivity index (χ2n) is 8.92. The van der Waals surface area contributed by atoms with Gasteiger partial charge in [-0.2, -0.15) is 0 Å². The van der Waals surface area contributed by atoms with Gasteiger partial charge in [-0.15, -0.1) is 0 Å². The molecule has 0 radical (unpaired) electrons. The molecule has 0 aromatic carbocycles. The van der Waals surface area contributed by atoms with Crippen molar-refractivity contribution in [1.82, 2.24) is 19.8 Å². The zero-order valence-corrected chi connectivity index (χ0v) is 20.5. The minimum Gasteiger partial charge on any atom is -0.472 e. The first-order valence-corrected chi connectivity index (χ1v) is 11.6. The maximum atomic E-state index is 13.4. The average Bonchev–Trinajstić information content (AvgIpc) is 2.84. The monoisotopic (exact) mass is 480 g/mol. The molecule has 2 N–H and O–H groups in total. The molecule has 3 rings (SSSR count). The van der Waals surface area contributed by atoms with Crippen LogP contribution in [0.2, 0.25) is 0 Å². The number of pyridine rings is 2. The van der Waals surface area contributed by atoms with Crippen molar-refractivity contribution in [3.63, 3.8) is 0 Å². The standard InChI is InChI=1S/C26H32N4O5/c1-17-14-30(18(2)16-31)26(34)22-11-20(9-8-19(3)32)13-28-25(22)35-23(17)15-29(4)24(33)12-21-7-5-6-10-27-21/h5-7,10-11,13,17-19,23,31-32H,12,14-16H2,1-4H3/t17-,18-,19-,23-/m1/s1. The fourth-order valence-corrected chi connectivity index (χ4v) is 3.74. The lowest BCUT2D eigenvalue weighted by Crippen LogP contribution is -2.50. The number of aliphatic hydroxyl groups is 2. The van der Waals surface area contributed by atoms with Gasteiger partial charge in [0.15, 0.2) is 0 Å². The summed E-state index contributed by atoms with van der Waals surface area (Å²) >= 11 is 0. The molecule has 0 saturated heterocycles. The van der Waals surface area contributed by atoms with Gasteiger partial charge in [-0.1, -0.05) is 24.8 Å². The Labute approximate surface area is 205 Å². The van der Waals surface area contributed by atoms with Crippen LogP contribution in [0.25, 0.3) is 0 Å². The number of hydrogen-bond donors (Lipinski definition) is 2. The van der Waals surface area contributed by atoms with Gasteiger partial charge in [-0.3, -0.25) is 14.6 Å². The molecular weight excluding hydrogens is 448 g/mol. The van der Waals surface area contributed by atoms with Gasteiger partial charge in [-0.25, -0.2) is 4.98 Å². The van der Waals surface area contributed by atoms with Gasteiger partial charge in [0.1, 0.15) is 17.8 Å². The van der Waals surface area contributed by atoms with Crippen LogP contribution >= 0.6 is 0 Å². The van der Waals surface area contributed by atoms with E-state index in [0.29, 0.717) is 17.8 Å². The van der Waals surface area contributed by atoms with Gasteiger partial charge in [-0.05, 0) is 32.0 Å². The van der Waals surface area contributed by atoms with E-state index < -0.39 is 18.2 Å². The zero-order chi connectivity index (χ0) is 25.5. The molecule has 0 spiro atoms. The molecule has 0 aliphatic carbocycles. The van der Waals surface area contributed by atoms with Gasteiger partial charge in [0.05, 0.1) is 25.6 Å². The number of aliphatic hydroxyl groups excluding tert-OH is 2. The fraction of sp³-hybridized carbons (Fsp3) is 0.462. The summed E-state index contributed by atoms with van der Waals surface area (Å²) in [5.74, 6) is 5.02. The molecule has 9 nitrogen and oxygen atoms in total. The third-order valence-electron chi connectivity index (χ3n) is 5.88. The minimum absolute atomic E-state index is 0.102. The lowest BCUT2D eigenvalue weighted by atomic mass is 9.99. The molecule has 186 valence electrons. The number of nitrogens with zero attached hydrogens (tertiary/aromatic N) is 4. The molecule has 2 aromatic heterocycles. The van der Waals surface area contributed by atoms with Gasteiger partial charge in [0.2, 0.25) is 11.8 Å². The van der Waals surface area contributed by atoms with Crippen molar-refractivity contribution in [2.45, 2.75) is 45.4 Å². The molecule has 1 aliphatic rings. The molecule has 9 heteroatoms. The molecule has 0 saturated carbocycles. The number of rotatable bonds is 6. The molecule has 4 atom stereocenters. The summed E-state index contributed by atoms with van der Waals surface area (Å²) in [6.45, 7) is 5.68. The maximum absolute atomic E-state index is 13.4. The van der Waals surface area contributed by atoms with Crippen LogP contribution in [0.5, 0.6) is 5.88 Å². The van der Waals surface area contributed by atoms with E-state index in [1.165, 1.54) is 6.20 Å². The predicted molar refractivity (Wildman–Crippen MR) is 130 cm³/mol. The highest BCUT2D eigenvalue weighted by atomic mass is 16.5. The van der Waals surface area contributed by atoms with Crippen LogP contribution in [0.3, 0.4) is 0 Å². The Hall–Kier alpha value is -3.48. The second kappa shape index (κ2) is 11.8. The SMILES string of the molecule is C[C@@H]1CN([C@H](C)CO)C(=O)c2cc(C#C[C@@H](C)O)cnc2O[C@@H]1CN(C)C(=O)Cc1ccccn1. The normalized spacial score (nSPS) is 19.3. The minimum atomic E-state index is -0.820. The van der Waals surface area contributed by atoms with Crippen LogP contribution in [-0.4, -0.2) is 86.8 Å². The van der Waals surface area contributed by atoms with Crippen molar-refractivity contribution in [3.8, 4) is 17.7 Å². The largest absolute Gasteiger partial charge is 0.472 e. The summed E-state index contributed by atoms with van der Waals surface area (Å²) in [6.07, 6.45) is 2.04. The number of likely N-dealkylation sites (N-methyl/N-ethyl adjacent to an activating group) is 1. The van der Waals surface area contributed by atoms with Crippen molar-refractivity contribution in [3.05, 3.63) is 53.5 Å². The Morgan fingerprint density at radius 1 is 1.34 bits per heavy atom. The average molecular weight is 481 g/mol. The molecule has 35 heavy (non-hydrogen) atoms. The van der Waals surface area contributed by atoms with E-state index in [1.54, 1.807) is 55.1 Å². The Bertz CT molecular complexity index is 1100. The number of carbonyl (C=O) groups excluding carboxylic acids is 2. The van der Waals surface area contributed by atoms with Crippen LogP contribution < -0.4 is 4.74 Å². The van der Waals surface area contributed by atoms with Crippen LogP contribution in [0.4, 0.5) is 0 Å². The molecule has 0 unspecified atom stereocenters. The van der Waals surface area contributed by atoms with Gasteiger partial charge >= 0.3 is 0 Å². The number of ether oxygens (including phenoxy) is 1. The number of hydrogen-bond acceptors (Lipinski definition) is 7. The highest BCUT2D eigenvalue weighted by Crippen LogP contribution is 2.27. The lowest BCUT2D eigenvalue weighted by Gasteiger charge is -2.37. The summed E-state index contributed by atoms with van der Waals surface area (Å²) in [4.78, 5) is 38.0. The van der Waals surface area contributed by atoms with Crippen LogP contribution in [0, 0.1) is 17.8 Å². The first-order valence-electron chi connectivity index (χ1n) is 11.6. The molecule has 0 bridgehead atoms. The van der Waals surface area contributed by atoms with E-state index in [2.05, 4.69) is 21.8 Å². The molecule has 1 aliphatic heterocycles. The molecule has 0 fully saturated rings. The second-order valence-corrected chi connectivity index (χ2v) is 8.92. The van der Waals surface area contributed by atoms with Crippen LogP contribution in [-0.2, 0) is 11.2 Å². The summed E-state index contributed by atoms with van der Waals surface area (Å²) < 4.78 is 6.20. The van der Waals surface area contributed by atoms with Gasteiger partial charge < -0.3 is 24.7 Å². The fourth-order valence-electron chi connectivity index (χ4n) is 3.74. The molecule has 2 aromatic rings. The van der Waals surface area contributed by atoms with Gasteiger partial charge in [0.25, 0.3) is 5.91 Å². The summed E-state index contributed by atoms with van der Waals surface area (Å²) in [7, 11) is 1.71. The van der Waals surface area contributed by atoms with Gasteiger partial charge in [0, 0.05) is 43.2 Å². The highest BCUT2D eigenvalue weighted by Gasteiger charge is 2.34. The first-order chi connectivity index (χ1) is 16.7. The molecule has 2 amide bonds. The van der Waals surface area contributed by atoms with Crippen molar-refractivity contribution in [1.29, 1.82) is 0 Å². The van der Waals surface area contributed by atoms with E-state index in [4.69, 9.17) is 4.74 Å². The van der Waals surface area contributed by atoms with E-state index in [-0.39, 0.29) is 48.7 Å². The Balaban J connectivity index is 1.89. The van der Waals surface area contributed by atoms with E-state index in [9.17, 15) is 19.8 Å². The Kier molecular flexibility index (Phi) is 8.79. The summed E-state index contributed by atoms with van der Waals surface area (Å²) in [5.41, 5.74) is 1.37. The summed E-state index contributed by atoms with van der Waals surface area (Å²) in [6, 6.07) is 6.60. The highest BCUT2D eigenvalue weighted by molar-refractivity contribution is 5.97. The van der Waals surface area contributed by atoms with Crippen LogP contribution in [0.15, 0.2) is 36.7 Å². The third-order valence-corrected chi connectivity index (χ3v) is 5.88. The first kappa shape index (κ1) is 26.1. The van der Waals surface area contributed by atoms with Crippen molar-refractivity contribution < 1.29 is 24.5 Å². The van der Waals surface area contributed by atoms with E-state index in [0.717, 1.165) is 0 Å². The molecular formula is C26H32N4O5. The van der Waals surface area contributed by atoms with Crippen molar-refractivity contribution >= 4 is 11.8 Å². The van der Waals surface area contributed by atoms with Crippen molar-refractivity contribution in [2.75, 3.05) is 26.7 Å². The number of amides is 2. The summed E-state index contributed by atoms with van der Waals surface area (Å²) in [5, 5.41) is 19.2. The van der Waals surface area contributed by atoms with E-state index in [1.807, 2.05) is 13.0 Å². The maximum Gasteiger partial charge on any atom is 0.259 e. The quantitative estimate of drug-likeness (QED) is 0.596. The van der Waals surface area contributed by atoms with E-state index >= 15 is 0 Å². The predicted octanol–water partition coefficient (Wildman–Crippen LogP) is 1.13. The Morgan fingerprint density at radius 2 is 2.11 bits per heavy atom. The lowest BCUT2D eigenvalue weighted by molar-refractivity contribution is -0.130.